The first kappa shape index (κ1) is 18.1. The molecule has 5 heteroatoms. The average Bonchev–Trinajstić information content (AvgIpc) is 3.33. The Kier molecular flexibility index (Phi) is 4.48. The Labute approximate surface area is 175 Å². The molecule has 0 amide bonds. The number of pyridine rings is 1. The second kappa shape index (κ2) is 7.44. The smallest absolute Gasteiger partial charge is 0.133 e. The van der Waals surface area contributed by atoms with Gasteiger partial charge in [0, 0.05) is 43.8 Å². The first-order chi connectivity index (χ1) is 14.7. The van der Waals surface area contributed by atoms with Crippen LogP contribution < -0.4 is 0 Å². The van der Waals surface area contributed by atoms with E-state index in [1.54, 1.807) is 12.4 Å². The van der Waals surface area contributed by atoms with Crippen molar-refractivity contribution in [2.24, 2.45) is 14.1 Å². The quantitative estimate of drug-likeness (QED) is 0.423. The van der Waals surface area contributed by atoms with Gasteiger partial charge >= 0.3 is 0 Å². The maximum Gasteiger partial charge on any atom is 0.133 e. The highest BCUT2D eigenvalue weighted by molar-refractivity contribution is 5.82. The SMILES string of the molecule is Cn1cc(-c2ccncc2)c(-c2ccc(C=Cc3nc4ccccc4n3C)cc2)n1. The fourth-order valence-corrected chi connectivity index (χ4v) is 3.68. The molecule has 5 nitrogen and oxygen atoms in total. The first-order valence-corrected chi connectivity index (χ1v) is 9.83. The number of aryl methyl sites for hydroxylation is 2. The largest absolute Gasteiger partial charge is 0.328 e. The summed E-state index contributed by atoms with van der Waals surface area (Å²) in [6.07, 6.45) is 9.80. The Morgan fingerprint density at radius 2 is 1.57 bits per heavy atom. The molecule has 0 N–H and O–H groups in total. The predicted molar refractivity (Wildman–Crippen MR) is 122 cm³/mol. The Balaban J connectivity index is 1.44. The zero-order chi connectivity index (χ0) is 20.5. The predicted octanol–water partition coefficient (Wildman–Crippen LogP) is 5.21. The van der Waals surface area contributed by atoms with Crippen LogP contribution in [0.25, 0.3) is 45.6 Å². The van der Waals surface area contributed by atoms with Crippen LogP contribution in [0, 0.1) is 0 Å². The molecule has 0 saturated carbocycles. The summed E-state index contributed by atoms with van der Waals surface area (Å²) in [5.74, 6) is 0.935. The van der Waals surface area contributed by atoms with Gasteiger partial charge in [-0.3, -0.25) is 9.67 Å². The summed E-state index contributed by atoms with van der Waals surface area (Å²) in [7, 11) is 3.99. The van der Waals surface area contributed by atoms with Crippen LogP contribution in [0.2, 0.25) is 0 Å². The number of aromatic nitrogens is 5. The van der Waals surface area contributed by atoms with Gasteiger partial charge < -0.3 is 4.57 Å². The topological polar surface area (TPSA) is 48.5 Å². The molecule has 0 bridgehead atoms. The third-order valence-corrected chi connectivity index (χ3v) is 5.25. The van der Waals surface area contributed by atoms with Crippen LogP contribution in [-0.2, 0) is 14.1 Å². The van der Waals surface area contributed by atoms with Crippen molar-refractivity contribution in [1.29, 1.82) is 0 Å². The fourth-order valence-electron chi connectivity index (χ4n) is 3.68. The van der Waals surface area contributed by atoms with Crippen molar-refractivity contribution in [3.8, 4) is 22.4 Å². The molecule has 0 spiro atoms. The molecule has 0 radical (unpaired) electrons. The number of hydrogen-bond acceptors (Lipinski definition) is 3. The molecule has 0 fully saturated rings. The zero-order valence-corrected chi connectivity index (χ0v) is 16.9. The Morgan fingerprint density at radius 3 is 2.33 bits per heavy atom. The third kappa shape index (κ3) is 3.31. The molecule has 0 aliphatic rings. The summed E-state index contributed by atoms with van der Waals surface area (Å²) < 4.78 is 3.96. The van der Waals surface area contributed by atoms with E-state index < -0.39 is 0 Å². The van der Waals surface area contributed by atoms with Crippen LogP contribution in [0.4, 0.5) is 0 Å². The maximum atomic E-state index is 4.70. The summed E-state index contributed by atoms with van der Waals surface area (Å²) in [6, 6.07) is 20.6. The zero-order valence-electron chi connectivity index (χ0n) is 16.9. The summed E-state index contributed by atoms with van der Waals surface area (Å²) in [4.78, 5) is 8.81. The summed E-state index contributed by atoms with van der Waals surface area (Å²) >= 11 is 0. The molecule has 30 heavy (non-hydrogen) atoms. The highest BCUT2D eigenvalue weighted by Crippen LogP contribution is 2.30. The highest BCUT2D eigenvalue weighted by Gasteiger charge is 2.12. The van der Waals surface area contributed by atoms with Gasteiger partial charge in [0.15, 0.2) is 0 Å². The van der Waals surface area contributed by atoms with Crippen LogP contribution in [0.5, 0.6) is 0 Å². The minimum absolute atomic E-state index is 0.935. The van der Waals surface area contributed by atoms with Crippen molar-refractivity contribution in [2.45, 2.75) is 0 Å². The van der Waals surface area contributed by atoms with E-state index in [9.17, 15) is 0 Å². The summed E-state index contributed by atoms with van der Waals surface area (Å²) in [5, 5.41) is 4.68. The number of rotatable bonds is 4. The summed E-state index contributed by atoms with van der Waals surface area (Å²) in [5.41, 5.74) is 7.52. The number of benzene rings is 2. The van der Waals surface area contributed by atoms with Crippen LogP contribution >= 0.6 is 0 Å². The fraction of sp³-hybridized carbons (Fsp3) is 0.0800. The molecule has 0 aliphatic carbocycles. The summed E-state index contributed by atoms with van der Waals surface area (Å²) in [6.45, 7) is 0. The minimum Gasteiger partial charge on any atom is -0.328 e. The molecular weight excluding hydrogens is 370 g/mol. The van der Waals surface area contributed by atoms with Crippen molar-refractivity contribution in [2.75, 3.05) is 0 Å². The van der Waals surface area contributed by atoms with Crippen molar-refractivity contribution in [1.82, 2.24) is 24.3 Å². The van der Waals surface area contributed by atoms with Gasteiger partial charge in [0.25, 0.3) is 0 Å². The monoisotopic (exact) mass is 391 g/mol. The average molecular weight is 391 g/mol. The van der Waals surface area contributed by atoms with E-state index in [0.29, 0.717) is 0 Å². The van der Waals surface area contributed by atoms with Gasteiger partial charge in [0.1, 0.15) is 11.5 Å². The van der Waals surface area contributed by atoms with Gasteiger partial charge in [-0.1, -0.05) is 42.5 Å². The Bertz CT molecular complexity index is 1340. The molecule has 0 unspecified atom stereocenters. The van der Waals surface area contributed by atoms with Gasteiger partial charge in [-0.25, -0.2) is 4.98 Å². The van der Waals surface area contributed by atoms with E-state index in [1.165, 1.54) is 0 Å². The molecular formula is C25H21N5. The molecule has 0 atom stereocenters. The lowest BCUT2D eigenvalue weighted by Crippen LogP contribution is -1.90. The number of hydrogen-bond donors (Lipinski definition) is 0. The minimum atomic E-state index is 0.935. The highest BCUT2D eigenvalue weighted by atomic mass is 15.3. The Morgan fingerprint density at radius 1 is 0.800 bits per heavy atom. The second-order valence-corrected chi connectivity index (χ2v) is 7.27. The molecule has 146 valence electrons. The third-order valence-electron chi connectivity index (χ3n) is 5.25. The van der Waals surface area contributed by atoms with Gasteiger partial charge in [-0.2, -0.15) is 5.10 Å². The number of fused-ring (bicyclic) bond motifs is 1. The molecule has 2 aromatic carbocycles. The molecule has 3 heterocycles. The van der Waals surface area contributed by atoms with Crippen LogP contribution in [0.3, 0.4) is 0 Å². The van der Waals surface area contributed by atoms with Gasteiger partial charge in [-0.15, -0.1) is 0 Å². The Hall–Kier alpha value is -3.99. The molecule has 5 rings (SSSR count). The van der Waals surface area contributed by atoms with E-state index in [4.69, 9.17) is 4.98 Å². The van der Waals surface area contributed by atoms with Crippen LogP contribution in [0.1, 0.15) is 11.4 Å². The van der Waals surface area contributed by atoms with E-state index in [1.807, 2.05) is 55.3 Å². The lowest BCUT2D eigenvalue weighted by atomic mass is 10.0. The van der Waals surface area contributed by atoms with Crippen molar-refractivity contribution >= 4 is 23.2 Å². The van der Waals surface area contributed by atoms with Crippen molar-refractivity contribution in [3.63, 3.8) is 0 Å². The lowest BCUT2D eigenvalue weighted by Gasteiger charge is -2.03. The molecule has 0 saturated heterocycles. The van der Waals surface area contributed by atoms with Crippen molar-refractivity contribution in [3.05, 3.63) is 90.6 Å². The molecule has 3 aromatic heterocycles. The lowest BCUT2D eigenvalue weighted by molar-refractivity contribution is 0.771. The van der Waals surface area contributed by atoms with Gasteiger partial charge in [0.2, 0.25) is 0 Å². The number of para-hydroxylation sites is 2. The van der Waals surface area contributed by atoms with Crippen molar-refractivity contribution < 1.29 is 0 Å². The van der Waals surface area contributed by atoms with Crippen LogP contribution in [-0.4, -0.2) is 24.3 Å². The van der Waals surface area contributed by atoms with Crippen LogP contribution in [0.15, 0.2) is 79.3 Å². The van der Waals surface area contributed by atoms with E-state index in [2.05, 4.69) is 57.1 Å². The standard InChI is InChI=1S/C25H21N5/c1-29-17-21(19-13-15-26-16-14-19)25(28-29)20-10-7-18(8-11-20)9-12-24-27-22-5-3-4-6-23(22)30(24)2/h3-17H,1-2H3. The van der Waals surface area contributed by atoms with Gasteiger partial charge in [-0.05, 0) is 41.5 Å². The maximum absolute atomic E-state index is 4.70. The van der Waals surface area contributed by atoms with E-state index in [-0.39, 0.29) is 0 Å². The normalized spacial score (nSPS) is 11.5. The molecule has 5 aromatic rings. The van der Waals surface area contributed by atoms with Gasteiger partial charge in [0.05, 0.1) is 11.0 Å². The molecule has 0 aliphatic heterocycles. The van der Waals surface area contributed by atoms with E-state index >= 15 is 0 Å². The second-order valence-electron chi connectivity index (χ2n) is 7.27. The van der Waals surface area contributed by atoms with E-state index in [0.717, 1.165) is 44.8 Å². The first-order valence-electron chi connectivity index (χ1n) is 9.83. The number of nitrogens with zero attached hydrogens (tertiary/aromatic N) is 5. The number of imidazole rings is 1.